The van der Waals surface area contributed by atoms with Gasteiger partial charge in [-0.1, -0.05) is 31.2 Å². The van der Waals surface area contributed by atoms with Gasteiger partial charge in [-0.15, -0.1) is 0 Å². The third-order valence-electron chi connectivity index (χ3n) is 4.83. The molecule has 1 fully saturated rings. The average Bonchev–Trinajstić information content (AvgIpc) is 2.63. The van der Waals surface area contributed by atoms with Crippen LogP contribution in [0.1, 0.15) is 36.9 Å². The molecule has 2 rings (SSSR count). The molecule has 156 valence electrons. The van der Waals surface area contributed by atoms with Crippen LogP contribution in [0.5, 0.6) is 0 Å². The van der Waals surface area contributed by atoms with E-state index >= 15 is 0 Å². The Balaban J connectivity index is 2.10. The smallest absolute Gasteiger partial charge is 0.422 e. The molecule has 1 heterocycles. The van der Waals surface area contributed by atoms with Crippen LogP contribution in [-0.4, -0.2) is 61.6 Å². The van der Waals surface area contributed by atoms with Crippen LogP contribution in [0.3, 0.4) is 0 Å². The highest BCUT2D eigenvalue weighted by molar-refractivity contribution is 6.32. The molecule has 1 aromatic rings. The first kappa shape index (κ1) is 22.2. The van der Waals surface area contributed by atoms with Gasteiger partial charge in [0.1, 0.15) is 0 Å². The van der Waals surface area contributed by atoms with Crippen molar-refractivity contribution in [2.75, 3.05) is 33.8 Å². The number of hydrogen-bond acceptors (Lipinski definition) is 4. The Hall–Kier alpha value is -2.09. The summed E-state index contributed by atoms with van der Waals surface area (Å²) in [5, 5.41) is 0. The van der Waals surface area contributed by atoms with Crippen LogP contribution < -0.4 is 0 Å². The molecular weight excluding hydrogens is 373 g/mol. The van der Waals surface area contributed by atoms with Crippen molar-refractivity contribution < 1.29 is 27.5 Å². The van der Waals surface area contributed by atoms with Crippen LogP contribution >= 0.6 is 0 Å². The number of carbonyl (C=O) groups is 2. The molecule has 8 heteroatoms. The molecule has 0 N–H and O–H groups in total. The van der Waals surface area contributed by atoms with Crippen molar-refractivity contribution in [2.45, 2.75) is 38.4 Å². The molecule has 1 aliphatic rings. The largest absolute Gasteiger partial charge is 0.449 e. The lowest BCUT2D eigenvalue weighted by molar-refractivity contribution is -0.190. The zero-order valence-electron chi connectivity index (χ0n) is 16.5. The minimum atomic E-state index is -4.66. The first-order valence-corrected chi connectivity index (χ1v) is 9.35. The summed E-state index contributed by atoms with van der Waals surface area (Å²) in [5.41, 5.74) is 2.03. The minimum absolute atomic E-state index is 0.162. The van der Waals surface area contributed by atoms with Crippen molar-refractivity contribution >= 4 is 11.9 Å². The maximum atomic E-state index is 12.5. The van der Waals surface area contributed by atoms with Crippen LogP contribution in [0.2, 0.25) is 0 Å². The first-order valence-electron chi connectivity index (χ1n) is 9.35. The fraction of sp³-hybridized carbons (Fsp3) is 0.600. The number of esters is 1. The van der Waals surface area contributed by atoms with Gasteiger partial charge in [-0.25, -0.2) is 4.79 Å². The van der Waals surface area contributed by atoms with E-state index in [1.807, 2.05) is 45.3 Å². The van der Waals surface area contributed by atoms with E-state index in [0.29, 0.717) is 13.0 Å². The van der Waals surface area contributed by atoms with E-state index in [1.165, 1.54) is 4.90 Å². The molecule has 1 aromatic carbocycles. The van der Waals surface area contributed by atoms with E-state index in [1.54, 1.807) is 0 Å². The number of alkyl halides is 3. The summed E-state index contributed by atoms with van der Waals surface area (Å²) in [6.45, 7) is 1.41. The summed E-state index contributed by atoms with van der Waals surface area (Å²) in [6.07, 6.45) is -2.25. The lowest BCUT2D eigenvalue weighted by Gasteiger charge is -2.38. The Morgan fingerprint density at radius 2 is 1.82 bits per heavy atom. The van der Waals surface area contributed by atoms with Crippen LogP contribution in [0.15, 0.2) is 24.3 Å². The first-order chi connectivity index (χ1) is 13.1. The van der Waals surface area contributed by atoms with E-state index in [9.17, 15) is 22.8 Å². The van der Waals surface area contributed by atoms with Crippen molar-refractivity contribution in [3.05, 3.63) is 35.4 Å². The van der Waals surface area contributed by atoms with Gasteiger partial charge in [-0.05, 0) is 50.4 Å². The molecule has 28 heavy (non-hydrogen) atoms. The van der Waals surface area contributed by atoms with Gasteiger partial charge in [-0.2, -0.15) is 13.2 Å². The fourth-order valence-corrected chi connectivity index (χ4v) is 3.31. The monoisotopic (exact) mass is 400 g/mol. The fourth-order valence-electron chi connectivity index (χ4n) is 3.31. The van der Waals surface area contributed by atoms with Crippen LogP contribution in [0, 0.1) is 5.92 Å². The van der Waals surface area contributed by atoms with Gasteiger partial charge in [0, 0.05) is 13.1 Å². The Bertz CT molecular complexity index is 674. The Labute approximate surface area is 163 Å². The van der Waals surface area contributed by atoms with Crippen molar-refractivity contribution in [3.63, 3.8) is 0 Å². The third kappa shape index (κ3) is 6.51. The van der Waals surface area contributed by atoms with Gasteiger partial charge >= 0.3 is 18.1 Å². The standard InChI is InChI=1S/C20H27F3N2O3/c1-14-4-9-17(16-7-5-15(6-8-16)10-11-24(2)3)25(12-14)18(26)19(27)28-13-20(21,22)23/h5-8,14,17H,4,9-13H2,1-3H3/t14-,17+/m0/s1. The number of likely N-dealkylation sites (N-methyl/N-ethyl adjacent to an activating group) is 1. The number of carbonyl (C=O) groups excluding carboxylic acids is 2. The Kier molecular flexibility index (Phi) is 7.46. The molecule has 0 bridgehead atoms. The molecule has 0 spiro atoms. The highest BCUT2D eigenvalue weighted by Crippen LogP contribution is 2.33. The van der Waals surface area contributed by atoms with Crippen molar-refractivity contribution in [1.29, 1.82) is 0 Å². The van der Waals surface area contributed by atoms with Gasteiger partial charge in [0.05, 0.1) is 6.04 Å². The quantitative estimate of drug-likeness (QED) is 0.563. The minimum Gasteiger partial charge on any atom is -0.449 e. The summed E-state index contributed by atoms with van der Waals surface area (Å²) in [7, 11) is 4.00. The Morgan fingerprint density at radius 3 is 2.39 bits per heavy atom. The number of rotatable bonds is 5. The number of halogens is 3. The van der Waals surface area contributed by atoms with E-state index in [2.05, 4.69) is 9.64 Å². The van der Waals surface area contributed by atoms with E-state index in [0.717, 1.165) is 30.5 Å². The summed E-state index contributed by atoms with van der Waals surface area (Å²) in [4.78, 5) is 27.8. The predicted octanol–water partition coefficient (Wildman–Crippen LogP) is 3.20. The summed E-state index contributed by atoms with van der Waals surface area (Å²) >= 11 is 0. The summed E-state index contributed by atoms with van der Waals surface area (Å²) in [6, 6.07) is 7.48. The van der Waals surface area contributed by atoms with Gasteiger partial charge < -0.3 is 14.5 Å². The number of nitrogens with zero attached hydrogens (tertiary/aromatic N) is 2. The second-order valence-corrected chi connectivity index (χ2v) is 7.64. The molecule has 1 saturated heterocycles. The maximum Gasteiger partial charge on any atom is 0.422 e. The lowest BCUT2D eigenvalue weighted by atomic mass is 9.89. The average molecular weight is 400 g/mol. The lowest BCUT2D eigenvalue weighted by Crippen LogP contribution is -2.45. The number of likely N-dealkylation sites (tertiary alicyclic amines) is 1. The Morgan fingerprint density at radius 1 is 1.18 bits per heavy atom. The van der Waals surface area contributed by atoms with Gasteiger partial charge in [0.15, 0.2) is 6.61 Å². The molecule has 1 aliphatic heterocycles. The number of benzene rings is 1. The molecular formula is C20H27F3N2O3. The highest BCUT2D eigenvalue weighted by atomic mass is 19.4. The molecule has 0 radical (unpaired) electrons. The molecule has 0 aromatic heterocycles. The molecule has 1 amide bonds. The number of piperidine rings is 1. The topological polar surface area (TPSA) is 49.9 Å². The SMILES string of the molecule is C[C@H]1CC[C@H](c2ccc(CCN(C)C)cc2)N(C(=O)C(=O)OCC(F)(F)F)C1. The third-order valence-corrected chi connectivity index (χ3v) is 4.83. The van der Waals surface area contributed by atoms with E-state index in [4.69, 9.17) is 0 Å². The van der Waals surface area contributed by atoms with Crippen molar-refractivity contribution in [1.82, 2.24) is 9.80 Å². The predicted molar refractivity (Wildman–Crippen MR) is 98.6 cm³/mol. The van der Waals surface area contributed by atoms with Crippen LogP contribution in [0.4, 0.5) is 13.2 Å². The van der Waals surface area contributed by atoms with Gasteiger partial charge in [-0.3, -0.25) is 4.79 Å². The second-order valence-electron chi connectivity index (χ2n) is 7.64. The highest BCUT2D eigenvalue weighted by Gasteiger charge is 2.37. The summed E-state index contributed by atoms with van der Waals surface area (Å²) < 4.78 is 41.0. The molecule has 0 aliphatic carbocycles. The maximum absolute atomic E-state index is 12.5. The number of amides is 1. The second kappa shape index (κ2) is 9.41. The van der Waals surface area contributed by atoms with Crippen LogP contribution in [0.25, 0.3) is 0 Å². The molecule has 0 unspecified atom stereocenters. The van der Waals surface area contributed by atoms with Crippen molar-refractivity contribution in [2.24, 2.45) is 5.92 Å². The summed E-state index contributed by atoms with van der Waals surface area (Å²) in [5.74, 6) is -2.31. The molecule has 2 atom stereocenters. The number of ether oxygens (including phenoxy) is 1. The van der Waals surface area contributed by atoms with Crippen LogP contribution in [-0.2, 0) is 20.7 Å². The molecule has 5 nitrogen and oxygen atoms in total. The van der Waals surface area contributed by atoms with Gasteiger partial charge in [0.2, 0.25) is 0 Å². The van der Waals surface area contributed by atoms with Gasteiger partial charge in [0.25, 0.3) is 0 Å². The zero-order valence-corrected chi connectivity index (χ0v) is 16.5. The van der Waals surface area contributed by atoms with E-state index < -0.39 is 24.7 Å². The van der Waals surface area contributed by atoms with Crippen molar-refractivity contribution in [3.8, 4) is 0 Å². The normalized spacial score (nSPS) is 20.3. The number of hydrogen-bond donors (Lipinski definition) is 0. The van der Waals surface area contributed by atoms with E-state index in [-0.39, 0.29) is 12.0 Å². The zero-order chi connectivity index (χ0) is 20.9. The molecule has 0 saturated carbocycles.